The molecular formula is C15H9Cl2F2NOS. The molecule has 1 atom stereocenters. The lowest BCUT2D eigenvalue weighted by Crippen LogP contribution is -2.28. The molecule has 1 amide bonds. The van der Waals surface area contributed by atoms with Crippen LogP contribution in [-0.4, -0.2) is 11.7 Å². The third-order valence-corrected chi connectivity index (χ3v) is 5.31. The highest BCUT2D eigenvalue weighted by Crippen LogP contribution is 2.45. The van der Waals surface area contributed by atoms with Crippen molar-refractivity contribution in [1.29, 1.82) is 0 Å². The van der Waals surface area contributed by atoms with Gasteiger partial charge in [-0.1, -0.05) is 35.3 Å². The fourth-order valence-corrected chi connectivity index (χ4v) is 3.97. The lowest BCUT2D eigenvalue weighted by molar-refractivity contribution is -0.115. The number of carbonyl (C=O) groups excluding carboxylic acids is 1. The molecule has 1 fully saturated rings. The van der Waals surface area contributed by atoms with E-state index in [-0.39, 0.29) is 17.3 Å². The van der Waals surface area contributed by atoms with Gasteiger partial charge in [-0.3, -0.25) is 9.69 Å². The van der Waals surface area contributed by atoms with Gasteiger partial charge in [-0.25, -0.2) is 8.78 Å². The lowest BCUT2D eigenvalue weighted by atomic mass is 10.1. The quantitative estimate of drug-likeness (QED) is 0.747. The van der Waals surface area contributed by atoms with Crippen molar-refractivity contribution in [2.24, 2.45) is 0 Å². The maximum atomic E-state index is 14.0. The van der Waals surface area contributed by atoms with Crippen LogP contribution in [-0.2, 0) is 4.79 Å². The van der Waals surface area contributed by atoms with E-state index in [2.05, 4.69) is 0 Å². The first kappa shape index (κ1) is 15.6. The van der Waals surface area contributed by atoms with Crippen molar-refractivity contribution in [3.8, 4) is 0 Å². The number of rotatable bonds is 2. The number of amides is 1. The van der Waals surface area contributed by atoms with E-state index < -0.39 is 17.0 Å². The van der Waals surface area contributed by atoms with Gasteiger partial charge in [0.25, 0.3) is 0 Å². The molecule has 0 N–H and O–H groups in total. The minimum atomic E-state index is -0.793. The Balaban J connectivity index is 2.08. The molecule has 2 aromatic rings. The topological polar surface area (TPSA) is 20.3 Å². The van der Waals surface area contributed by atoms with Crippen LogP contribution in [0.4, 0.5) is 14.5 Å². The number of thioether (sulfide) groups is 1. The highest BCUT2D eigenvalue weighted by molar-refractivity contribution is 8.00. The van der Waals surface area contributed by atoms with Crippen LogP contribution in [0.3, 0.4) is 0 Å². The van der Waals surface area contributed by atoms with Gasteiger partial charge in [-0.15, -0.1) is 11.8 Å². The van der Waals surface area contributed by atoms with Gasteiger partial charge in [0.2, 0.25) is 5.91 Å². The first-order valence-electron chi connectivity index (χ1n) is 6.31. The predicted octanol–water partition coefficient (Wildman–Crippen LogP) is 5.05. The maximum Gasteiger partial charge on any atom is 0.238 e. The maximum absolute atomic E-state index is 14.0. The van der Waals surface area contributed by atoms with Crippen LogP contribution >= 0.6 is 35.0 Å². The van der Waals surface area contributed by atoms with E-state index in [1.165, 1.54) is 22.7 Å². The summed E-state index contributed by atoms with van der Waals surface area (Å²) in [5, 5.41) is 0.182. The van der Waals surface area contributed by atoms with E-state index in [1.807, 2.05) is 0 Å². The van der Waals surface area contributed by atoms with Crippen molar-refractivity contribution in [2.75, 3.05) is 10.7 Å². The molecule has 1 heterocycles. The molecule has 114 valence electrons. The molecule has 1 saturated heterocycles. The predicted molar refractivity (Wildman–Crippen MR) is 85.5 cm³/mol. The highest BCUT2D eigenvalue weighted by atomic mass is 35.5. The van der Waals surface area contributed by atoms with E-state index >= 15 is 0 Å². The Morgan fingerprint density at radius 2 is 1.95 bits per heavy atom. The third kappa shape index (κ3) is 2.69. The zero-order valence-electron chi connectivity index (χ0n) is 11.0. The second-order valence-corrected chi connectivity index (χ2v) is 6.52. The van der Waals surface area contributed by atoms with Crippen molar-refractivity contribution in [3.63, 3.8) is 0 Å². The molecular weight excluding hydrogens is 351 g/mol. The van der Waals surface area contributed by atoms with Gasteiger partial charge in [-0.2, -0.15) is 0 Å². The first-order valence-corrected chi connectivity index (χ1v) is 8.12. The average Bonchev–Trinajstić information content (AvgIpc) is 2.84. The van der Waals surface area contributed by atoms with E-state index in [9.17, 15) is 13.6 Å². The average molecular weight is 360 g/mol. The normalized spacial score (nSPS) is 18.1. The molecule has 3 rings (SSSR count). The van der Waals surface area contributed by atoms with Crippen LogP contribution in [0, 0.1) is 11.6 Å². The summed E-state index contributed by atoms with van der Waals surface area (Å²) in [5.41, 5.74) is 0.645. The summed E-state index contributed by atoms with van der Waals surface area (Å²) in [6, 6.07) is 8.20. The molecule has 22 heavy (non-hydrogen) atoms. The molecule has 0 unspecified atom stereocenters. The van der Waals surface area contributed by atoms with Crippen molar-refractivity contribution in [1.82, 2.24) is 0 Å². The smallest absolute Gasteiger partial charge is 0.238 e. The Kier molecular flexibility index (Phi) is 4.30. The summed E-state index contributed by atoms with van der Waals surface area (Å²) in [6.45, 7) is 0. The van der Waals surface area contributed by atoms with Crippen molar-refractivity contribution < 1.29 is 13.6 Å². The lowest BCUT2D eigenvalue weighted by Gasteiger charge is -2.25. The largest absolute Gasteiger partial charge is 0.292 e. The van der Waals surface area contributed by atoms with Crippen LogP contribution in [0.5, 0.6) is 0 Å². The Morgan fingerprint density at radius 3 is 2.68 bits per heavy atom. The van der Waals surface area contributed by atoms with Crippen molar-refractivity contribution >= 4 is 46.6 Å². The molecule has 0 bridgehead atoms. The Bertz CT molecular complexity index is 756. The number of halogens is 4. The van der Waals surface area contributed by atoms with Gasteiger partial charge in [0.15, 0.2) is 0 Å². The molecule has 0 aromatic heterocycles. The van der Waals surface area contributed by atoms with E-state index in [0.717, 1.165) is 12.1 Å². The molecule has 1 aliphatic rings. The number of carbonyl (C=O) groups is 1. The second kappa shape index (κ2) is 6.07. The van der Waals surface area contributed by atoms with Crippen molar-refractivity contribution in [2.45, 2.75) is 5.37 Å². The summed E-state index contributed by atoms with van der Waals surface area (Å²) >= 11 is 13.5. The second-order valence-electron chi connectivity index (χ2n) is 4.67. The molecule has 2 aromatic carbocycles. The zero-order chi connectivity index (χ0) is 15.9. The standard InChI is InChI=1S/C15H9Cl2F2NOS/c16-10-3-1-2-9(14(10)17)15-20(13(21)7-22-15)12-5-4-8(18)6-11(12)19/h1-6,15H,7H2/t15-/m1/s1. The van der Waals surface area contributed by atoms with Gasteiger partial charge in [0.05, 0.1) is 21.5 Å². The molecule has 7 heteroatoms. The summed E-state index contributed by atoms with van der Waals surface area (Å²) in [7, 11) is 0. The fraction of sp³-hybridized carbons (Fsp3) is 0.133. The van der Waals surface area contributed by atoms with Gasteiger partial charge >= 0.3 is 0 Å². The van der Waals surface area contributed by atoms with Crippen LogP contribution in [0.15, 0.2) is 36.4 Å². The van der Waals surface area contributed by atoms with Crippen LogP contribution in [0.2, 0.25) is 10.0 Å². The highest BCUT2D eigenvalue weighted by Gasteiger charge is 2.36. The van der Waals surface area contributed by atoms with Gasteiger partial charge < -0.3 is 0 Å². The van der Waals surface area contributed by atoms with Crippen LogP contribution in [0.1, 0.15) is 10.9 Å². The van der Waals surface area contributed by atoms with E-state index in [4.69, 9.17) is 23.2 Å². The molecule has 0 aliphatic carbocycles. The number of benzene rings is 2. The number of anilines is 1. The molecule has 0 saturated carbocycles. The Hall–Kier alpha value is -1.30. The summed E-state index contributed by atoms with van der Waals surface area (Å²) in [4.78, 5) is 13.4. The zero-order valence-corrected chi connectivity index (χ0v) is 13.4. The monoisotopic (exact) mass is 359 g/mol. The van der Waals surface area contributed by atoms with Crippen LogP contribution < -0.4 is 4.90 Å². The Labute approximate surface area is 140 Å². The van der Waals surface area contributed by atoms with Crippen molar-refractivity contribution in [3.05, 3.63) is 63.6 Å². The van der Waals surface area contributed by atoms with Crippen LogP contribution in [0.25, 0.3) is 0 Å². The number of nitrogens with zero attached hydrogens (tertiary/aromatic N) is 1. The molecule has 1 aliphatic heterocycles. The molecule has 0 radical (unpaired) electrons. The third-order valence-electron chi connectivity index (χ3n) is 3.28. The fourth-order valence-electron chi connectivity index (χ4n) is 2.30. The minimum absolute atomic E-state index is 0.0254. The summed E-state index contributed by atoms with van der Waals surface area (Å²) in [6.07, 6.45) is 0. The Morgan fingerprint density at radius 1 is 1.18 bits per heavy atom. The first-order chi connectivity index (χ1) is 10.5. The summed E-state index contributed by atoms with van der Waals surface area (Å²) < 4.78 is 27.1. The minimum Gasteiger partial charge on any atom is -0.292 e. The van der Waals surface area contributed by atoms with Gasteiger partial charge in [-0.05, 0) is 18.2 Å². The number of hydrogen-bond acceptors (Lipinski definition) is 2. The summed E-state index contributed by atoms with van der Waals surface area (Å²) in [5.74, 6) is -1.57. The molecule has 0 spiro atoms. The van der Waals surface area contributed by atoms with E-state index in [0.29, 0.717) is 15.6 Å². The van der Waals surface area contributed by atoms with Gasteiger partial charge in [0.1, 0.15) is 17.0 Å². The molecule has 2 nitrogen and oxygen atoms in total. The van der Waals surface area contributed by atoms with Gasteiger partial charge in [0, 0.05) is 11.6 Å². The van der Waals surface area contributed by atoms with E-state index in [1.54, 1.807) is 18.2 Å². The number of hydrogen-bond donors (Lipinski definition) is 0. The SMILES string of the molecule is O=C1CS[C@H](c2cccc(Cl)c2Cl)N1c1ccc(F)cc1F.